The number of hydrogen-bond acceptors (Lipinski definition) is 3. The van der Waals surface area contributed by atoms with Crippen molar-refractivity contribution >= 4 is 0 Å². The zero-order valence-corrected chi connectivity index (χ0v) is 11.2. The summed E-state index contributed by atoms with van der Waals surface area (Å²) in [5.74, 6) is 1.83. The molecule has 0 aromatic heterocycles. The third kappa shape index (κ3) is 2.74. The zero-order chi connectivity index (χ0) is 13.1. The first-order chi connectivity index (χ1) is 9.36. The molecule has 0 aliphatic carbocycles. The molecule has 0 bridgehead atoms. The van der Waals surface area contributed by atoms with Gasteiger partial charge in [-0.05, 0) is 37.4 Å². The summed E-state index contributed by atoms with van der Waals surface area (Å²) in [5, 5.41) is 9.08. The predicted octanol–water partition coefficient (Wildman–Crippen LogP) is 2.79. The third-order valence-electron chi connectivity index (χ3n) is 4.25. The molecule has 1 fully saturated rings. The molecule has 1 aromatic rings. The van der Waals surface area contributed by atoms with Crippen LogP contribution in [0.2, 0.25) is 0 Å². The van der Waals surface area contributed by atoms with Gasteiger partial charge in [-0.25, -0.2) is 0 Å². The van der Waals surface area contributed by atoms with Crippen LogP contribution < -0.4 is 4.74 Å². The van der Waals surface area contributed by atoms with Crippen molar-refractivity contribution in [2.45, 2.75) is 25.2 Å². The summed E-state index contributed by atoms with van der Waals surface area (Å²) in [6.45, 7) is 3.96. The largest absolute Gasteiger partial charge is 0.493 e. The number of fused-ring (bicyclic) bond motifs is 1. The number of nitriles is 1. The van der Waals surface area contributed by atoms with E-state index < -0.39 is 0 Å². The molecule has 2 aliphatic rings. The summed E-state index contributed by atoms with van der Waals surface area (Å²) < 4.78 is 5.71. The Morgan fingerprint density at radius 1 is 1.32 bits per heavy atom. The van der Waals surface area contributed by atoms with Gasteiger partial charge in [0.1, 0.15) is 5.75 Å². The number of likely N-dealkylation sites (tertiary alicyclic amines) is 1. The van der Waals surface area contributed by atoms with E-state index in [4.69, 9.17) is 10.00 Å². The molecule has 3 nitrogen and oxygen atoms in total. The number of hydrogen-bond donors (Lipinski definition) is 0. The fourth-order valence-corrected chi connectivity index (χ4v) is 3.24. The second-order valence-electron chi connectivity index (χ2n) is 5.60. The van der Waals surface area contributed by atoms with Crippen molar-refractivity contribution in [2.75, 3.05) is 26.2 Å². The van der Waals surface area contributed by atoms with Gasteiger partial charge in [0.05, 0.1) is 18.6 Å². The fourth-order valence-electron chi connectivity index (χ4n) is 3.24. The van der Waals surface area contributed by atoms with Crippen molar-refractivity contribution in [3.05, 3.63) is 29.8 Å². The molecular weight excluding hydrogens is 236 g/mol. The molecule has 2 atom stereocenters. The third-order valence-corrected chi connectivity index (χ3v) is 4.25. The first-order valence-electron chi connectivity index (χ1n) is 7.20. The summed E-state index contributed by atoms with van der Waals surface area (Å²) >= 11 is 0. The second kappa shape index (κ2) is 5.63. The highest BCUT2D eigenvalue weighted by Gasteiger charge is 2.26. The molecule has 0 saturated carbocycles. The van der Waals surface area contributed by atoms with Crippen LogP contribution in [0.1, 0.15) is 30.7 Å². The molecule has 2 aliphatic heterocycles. The van der Waals surface area contributed by atoms with Gasteiger partial charge < -0.3 is 9.64 Å². The van der Waals surface area contributed by atoms with Crippen molar-refractivity contribution < 1.29 is 4.74 Å². The van der Waals surface area contributed by atoms with Crippen LogP contribution in [0.25, 0.3) is 0 Å². The fraction of sp³-hybridized carbons (Fsp3) is 0.562. The van der Waals surface area contributed by atoms with Crippen molar-refractivity contribution in [1.82, 2.24) is 4.90 Å². The molecule has 3 heteroatoms. The van der Waals surface area contributed by atoms with Gasteiger partial charge in [0.15, 0.2) is 0 Å². The van der Waals surface area contributed by atoms with Gasteiger partial charge in [-0.3, -0.25) is 0 Å². The van der Waals surface area contributed by atoms with E-state index in [1.54, 1.807) is 0 Å². The number of rotatable bonds is 2. The topological polar surface area (TPSA) is 36.3 Å². The van der Waals surface area contributed by atoms with Gasteiger partial charge in [-0.1, -0.05) is 18.2 Å². The quantitative estimate of drug-likeness (QED) is 0.816. The first kappa shape index (κ1) is 12.5. The van der Waals surface area contributed by atoms with Gasteiger partial charge in [-0.2, -0.15) is 5.26 Å². The van der Waals surface area contributed by atoms with Gasteiger partial charge in [0.2, 0.25) is 0 Å². The lowest BCUT2D eigenvalue weighted by Crippen LogP contribution is -2.38. The Kier molecular flexibility index (Phi) is 3.70. The Bertz CT molecular complexity index is 480. The van der Waals surface area contributed by atoms with Crippen LogP contribution in [0, 0.1) is 17.2 Å². The van der Waals surface area contributed by atoms with Crippen molar-refractivity contribution in [3.8, 4) is 11.8 Å². The summed E-state index contributed by atoms with van der Waals surface area (Å²) in [6, 6.07) is 10.8. The Labute approximate surface area is 114 Å². The smallest absolute Gasteiger partial charge is 0.122 e. The molecule has 19 heavy (non-hydrogen) atoms. The summed E-state index contributed by atoms with van der Waals surface area (Å²) in [5.41, 5.74) is 1.34. The van der Waals surface area contributed by atoms with E-state index in [0.717, 1.165) is 51.3 Å². The standard InChI is InChI=1S/C16H20N2O/c17-10-13-4-3-8-18(11-13)12-14-7-9-19-16-6-2-1-5-15(14)16/h1-2,5-6,13-14H,3-4,7-9,11-12H2. The highest BCUT2D eigenvalue weighted by atomic mass is 16.5. The Balaban J connectivity index is 1.69. The minimum atomic E-state index is 0.226. The highest BCUT2D eigenvalue weighted by molar-refractivity contribution is 5.37. The lowest BCUT2D eigenvalue weighted by atomic mass is 9.91. The number of benzene rings is 1. The van der Waals surface area contributed by atoms with E-state index in [9.17, 15) is 0 Å². The van der Waals surface area contributed by atoms with Gasteiger partial charge in [0.25, 0.3) is 0 Å². The van der Waals surface area contributed by atoms with Gasteiger partial charge in [0, 0.05) is 19.0 Å². The minimum Gasteiger partial charge on any atom is -0.493 e. The van der Waals surface area contributed by atoms with E-state index in [0.29, 0.717) is 5.92 Å². The summed E-state index contributed by atoms with van der Waals surface area (Å²) in [4.78, 5) is 2.46. The predicted molar refractivity (Wildman–Crippen MR) is 74.1 cm³/mol. The van der Waals surface area contributed by atoms with Crippen LogP contribution >= 0.6 is 0 Å². The Morgan fingerprint density at radius 2 is 2.21 bits per heavy atom. The van der Waals surface area contributed by atoms with Crippen molar-refractivity contribution in [3.63, 3.8) is 0 Å². The van der Waals surface area contributed by atoms with E-state index >= 15 is 0 Å². The maximum atomic E-state index is 9.08. The second-order valence-corrected chi connectivity index (χ2v) is 5.60. The van der Waals surface area contributed by atoms with Crippen LogP contribution in [0.3, 0.4) is 0 Å². The Hall–Kier alpha value is -1.53. The number of nitrogens with zero attached hydrogens (tertiary/aromatic N) is 2. The molecule has 0 spiro atoms. The summed E-state index contributed by atoms with van der Waals surface area (Å²) in [6.07, 6.45) is 3.31. The lowest BCUT2D eigenvalue weighted by Gasteiger charge is -2.34. The summed E-state index contributed by atoms with van der Waals surface area (Å²) in [7, 11) is 0. The van der Waals surface area contributed by atoms with E-state index in [1.165, 1.54) is 5.56 Å². The maximum Gasteiger partial charge on any atom is 0.122 e. The average molecular weight is 256 g/mol. The minimum absolute atomic E-state index is 0.226. The molecule has 0 radical (unpaired) electrons. The van der Waals surface area contributed by atoms with E-state index in [1.807, 2.05) is 6.07 Å². The average Bonchev–Trinajstić information content (AvgIpc) is 2.48. The molecule has 3 rings (SSSR count). The normalized spacial score (nSPS) is 27.1. The zero-order valence-electron chi connectivity index (χ0n) is 11.2. The van der Waals surface area contributed by atoms with Crippen molar-refractivity contribution in [2.24, 2.45) is 5.92 Å². The van der Waals surface area contributed by atoms with E-state index in [-0.39, 0.29) is 5.92 Å². The molecule has 1 aromatic carbocycles. The highest BCUT2D eigenvalue weighted by Crippen LogP contribution is 2.34. The Morgan fingerprint density at radius 3 is 3.11 bits per heavy atom. The van der Waals surface area contributed by atoms with Crippen LogP contribution in [0.5, 0.6) is 5.75 Å². The molecule has 2 heterocycles. The molecule has 2 unspecified atom stereocenters. The SMILES string of the molecule is N#CC1CCCN(CC2CCOc3ccccc32)C1. The first-order valence-corrected chi connectivity index (χ1v) is 7.20. The van der Waals surface area contributed by atoms with Crippen LogP contribution in [0.15, 0.2) is 24.3 Å². The molecule has 0 amide bonds. The molecule has 1 saturated heterocycles. The maximum absolute atomic E-state index is 9.08. The van der Waals surface area contributed by atoms with Crippen LogP contribution in [-0.2, 0) is 0 Å². The lowest BCUT2D eigenvalue weighted by molar-refractivity contribution is 0.169. The number of ether oxygens (including phenoxy) is 1. The van der Waals surface area contributed by atoms with Crippen molar-refractivity contribution in [1.29, 1.82) is 5.26 Å². The number of piperidine rings is 1. The van der Waals surface area contributed by atoms with E-state index in [2.05, 4.69) is 29.2 Å². The number of para-hydroxylation sites is 1. The monoisotopic (exact) mass is 256 g/mol. The van der Waals surface area contributed by atoms with Gasteiger partial charge in [-0.15, -0.1) is 0 Å². The molecule has 100 valence electrons. The molecular formula is C16H20N2O. The van der Waals surface area contributed by atoms with Crippen LogP contribution in [0.4, 0.5) is 0 Å². The van der Waals surface area contributed by atoms with Crippen LogP contribution in [-0.4, -0.2) is 31.1 Å². The van der Waals surface area contributed by atoms with Gasteiger partial charge >= 0.3 is 0 Å². The molecule has 0 N–H and O–H groups in total.